The Balaban J connectivity index is 0.00000127. The number of anilines is 4. The Hall–Kier alpha value is -2.91. The van der Waals surface area contributed by atoms with Crippen LogP contribution in [0.15, 0.2) is 30.3 Å². The Kier molecular flexibility index (Phi) is 11.5. The van der Waals surface area contributed by atoms with Crippen molar-refractivity contribution in [1.29, 1.82) is 0 Å². The van der Waals surface area contributed by atoms with Gasteiger partial charge in [-0.3, -0.25) is 4.79 Å². The van der Waals surface area contributed by atoms with Crippen molar-refractivity contribution in [3.8, 4) is 0 Å². The molecule has 2 fully saturated rings. The fourth-order valence-corrected chi connectivity index (χ4v) is 4.34. The zero-order valence-electron chi connectivity index (χ0n) is 25.2. The molecule has 9 heteroatoms. The Bertz CT molecular complexity index is 1060. The predicted octanol–water partition coefficient (Wildman–Crippen LogP) is 5.53. The van der Waals surface area contributed by atoms with E-state index in [9.17, 15) is 15.0 Å². The molecule has 4 rings (SSSR count). The quantitative estimate of drug-likeness (QED) is 0.280. The molecule has 1 aliphatic heterocycles. The minimum absolute atomic E-state index is 0.0401. The third kappa shape index (κ3) is 9.07. The topological polar surface area (TPSA) is 123 Å². The predicted molar refractivity (Wildman–Crippen MR) is 162 cm³/mol. The van der Waals surface area contributed by atoms with Crippen LogP contribution in [0.4, 0.5) is 23.3 Å². The number of nitrogens with zero attached hydrogens (tertiary/aromatic N) is 3. The molecule has 0 radical (unpaired) electrons. The highest BCUT2D eigenvalue weighted by Crippen LogP contribution is 2.54. The van der Waals surface area contributed by atoms with Crippen LogP contribution in [-0.2, 0) is 0 Å². The van der Waals surface area contributed by atoms with E-state index in [1.165, 1.54) is 12.8 Å². The van der Waals surface area contributed by atoms with Crippen molar-refractivity contribution in [1.82, 2.24) is 9.97 Å². The highest BCUT2D eigenvalue weighted by atomic mass is 16.3. The average molecular weight is 543 g/mol. The first kappa shape index (κ1) is 32.3. The van der Waals surface area contributed by atoms with Crippen LogP contribution in [-0.4, -0.2) is 63.5 Å². The van der Waals surface area contributed by atoms with E-state index in [-0.39, 0.29) is 19.1 Å². The van der Waals surface area contributed by atoms with E-state index in [1.54, 1.807) is 30.3 Å². The Morgan fingerprint density at radius 1 is 0.821 bits per heavy atom. The number of hydrogen-bond acceptors (Lipinski definition) is 8. The van der Waals surface area contributed by atoms with E-state index in [4.69, 9.17) is 4.98 Å². The van der Waals surface area contributed by atoms with Crippen LogP contribution in [0.25, 0.3) is 0 Å². The summed E-state index contributed by atoms with van der Waals surface area (Å²) in [5.41, 5.74) is -0.0773. The van der Waals surface area contributed by atoms with Crippen LogP contribution in [0.1, 0.15) is 91.4 Å². The lowest BCUT2D eigenvalue weighted by molar-refractivity contribution is 0.102. The molecule has 9 nitrogen and oxygen atoms in total. The Morgan fingerprint density at radius 3 is 1.85 bits per heavy atom. The van der Waals surface area contributed by atoms with Gasteiger partial charge in [-0.15, -0.1) is 0 Å². The number of aliphatic hydroxyl groups is 2. The number of aromatic nitrogens is 2. The molecule has 0 aromatic carbocycles. The number of carbonyl (C=O) groups excluding carboxylic acids is 1. The van der Waals surface area contributed by atoms with E-state index in [2.05, 4.69) is 25.8 Å². The molecule has 39 heavy (non-hydrogen) atoms. The summed E-state index contributed by atoms with van der Waals surface area (Å²) in [4.78, 5) is 24.9. The summed E-state index contributed by atoms with van der Waals surface area (Å²) < 4.78 is 0. The van der Waals surface area contributed by atoms with E-state index < -0.39 is 11.1 Å². The second-order valence-corrected chi connectivity index (χ2v) is 11.3. The molecular formula is C30H50N6O3. The minimum atomic E-state index is -0.537. The van der Waals surface area contributed by atoms with Gasteiger partial charge in [0.05, 0.1) is 29.9 Å². The number of nitrogens with one attached hydrogen (secondary N) is 3. The highest BCUT2D eigenvalue weighted by molar-refractivity contribution is 6.07. The van der Waals surface area contributed by atoms with E-state index in [0.717, 1.165) is 25.9 Å². The number of hydrogen-bond donors (Lipinski definition) is 5. The highest BCUT2D eigenvalue weighted by Gasteiger charge is 2.45. The fourth-order valence-electron chi connectivity index (χ4n) is 4.34. The molecule has 0 atom stereocenters. The SMILES string of the molecule is CC.CC.CC(C)(CO)Nc1cccc(NC(=O)c2ccc(NC(C)(C)CO)nc2N2CCC3(CC2)CC3)n1. The maximum absolute atomic E-state index is 13.4. The van der Waals surface area contributed by atoms with Gasteiger partial charge in [-0.1, -0.05) is 33.8 Å². The molecule has 2 aromatic rings. The smallest absolute Gasteiger partial charge is 0.260 e. The lowest BCUT2D eigenvalue weighted by Gasteiger charge is -2.34. The van der Waals surface area contributed by atoms with Gasteiger partial charge in [-0.25, -0.2) is 9.97 Å². The third-order valence-electron chi connectivity index (χ3n) is 6.91. The van der Waals surface area contributed by atoms with Gasteiger partial charge in [0.2, 0.25) is 0 Å². The first-order chi connectivity index (χ1) is 18.5. The molecule has 2 aromatic heterocycles. The first-order valence-electron chi connectivity index (χ1n) is 14.4. The van der Waals surface area contributed by atoms with Gasteiger partial charge in [0.25, 0.3) is 5.91 Å². The molecule has 1 spiro atoms. The van der Waals surface area contributed by atoms with E-state index >= 15 is 0 Å². The molecule has 0 bridgehead atoms. The van der Waals surface area contributed by atoms with Crippen molar-refractivity contribution in [3.05, 3.63) is 35.9 Å². The second kappa shape index (κ2) is 13.9. The molecule has 218 valence electrons. The van der Waals surface area contributed by atoms with Gasteiger partial charge < -0.3 is 31.1 Å². The van der Waals surface area contributed by atoms with Gasteiger partial charge in [-0.05, 0) is 83.1 Å². The number of carbonyl (C=O) groups is 1. The lowest BCUT2D eigenvalue weighted by Crippen LogP contribution is -2.38. The molecule has 1 saturated carbocycles. The number of rotatable bonds is 9. The van der Waals surface area contributed by atoms with Crippen molar-refractivity contribution in [3.63, 3.8) is 0 Å². The normalized spacial score (nSPS) is 15.8. The van der Waals surface area contributed by atoms with Crippen LogP contribution in [0.2, 0.25) is 0 Å². The zero-order chi connectivity index (χ0) is 29.3. The van der Waals surface area contributed by atoms with Crippen LogP contribution in [0, 0.1) is 5.41 Å². The summed E-state index contributed by atoms with van der Waals surface area (Å²) in [6.07, 6.45) is 4.84. The summed E-state index contributed by atoms with van der Waals surface area (Å²) in [6.45, 7) is 17.2. The van der Waals surface area contributed by atoms with Crippen molar-refractivity contribution in [2.24, 2.45) is 5.41 Å². The summed E-state index contributed by atoms with van der Waals surface area (Å²) in [5.74, 6) is 1.97. The van der Waals surface area contributed by atoms with Crippen LogP contribution in [0.5, 0.6) is 0 Å². The van der Waals surface area contributed by atoms with E-state index in [0.29, 0.717) is 34.2 Å². The summed E-state index contributed by atoms with van der Waals surface area (Å²) >= 11 is 0. The number of pyridine rings is 2. The van der Waals surface area contributed by atoms with Crippen LogP contribution >= 0.6 is 0 Å². The van der Waals surface area contributed by atoms with Crippen LogP contribution in [0.3, 0.4) is 0 Å². The molecule has 2 aliphatic rings. The summed E-state index contributed by atoms with van der Waals surface area (Å²) in [7, 11) is 0. The fraction of sp³-hybridized carbons (Fsp3) is 0.633. The second-order valence-electron chi connectivity index (χ2n) is 11.3. The summed E-state index contributed by atoms with van der Waals surface area (Å²) in [6, 6.07) is 8.90. The van der Waals surface area contributed by atoms with Crippen molar-refractivity contribution < 1.29 is 15.0 Å². The van der Waals surface area contributed by atoms with Gasteiger partial charge in [0, 0.05) is 13.1 Å². The molecule has 3 heterocycles. The number of amides is 1. The standard InChI is InChI=1S/C26H38N6O3.2C2H6/c1-24(2,16-33)30-20-7-5-6-19(27-20)29-23(35)18-8-9-21(31-25(3,4)17-34)28-22(18)32-14-12-26(10-11-26)13-15-32;2*1-2/h5-9,33-34H,10-17H2,1-4H3,(H,28,31)(H2,27,29,30,35);2*1-2H3. The molecule has 0 unspecified atom stereocenters. The Morgan fingerprint density at radius 2 is 1.33 bits per heavy atom. The minimum Gasteiger partial charge on any atom is -0.394 e. The van der Waals surface area contributed by atoms with Crippen molar-refractivity contribution in [2.75, 3.05) is 47.2 Å². The lowest BCUT2D eigenvalue weighted by atomic mass is 9.93. The maximum atomic E-state index is 13.4. The largest absolute Gasteiger partial charge is 0.394 e. The maximum Gasteiger partial charge on any atom is 0.260 e. The molecular weight excluding hydrogens is 492 g/mol. The molecule has 1 saturated heterocycles. The van der Waals surface area contributed by atoms with Gasteiger partial charge in [-0.2, -0.15) is 0 Å². The molecule has 5 N–H and O–H groups in total. The zero-order valence-corrected chi connectivity index (χ0v) is 25.2. The van der Waals surface area contributed by atoms with Crippen molar-refractivity contribution in [2.45, 2.75) is 92.2 Å². The van der Waals surface area contributed by atoms with Crippen LogP contribution < -0.4 is 20.9 Å². The number of piperidine rings is 1. The van der Waals surface area contributed by atoms with E-state index in [1.807, 2.05) is 55.4 Å². The third-order valence-corrected chi connectivity index (χ3v) is 6.91. The van der Waals surface area contributed by atoms with Gasteiger partial charge in [0.15, 0.2) is 0 Å². The Labute approximate surface area is 234 Å². The molecule has 1 aliphatic carbocycles. The number of aliphatic hydroxyl groups excluding tert-OH is 2. The first-order valence-corrected chi connectivity index (χ1v) is 14.4. The van der Waals surface area contributed by atoms with Crippen molar-refractivity contribution >= 4 is 29.2 Å². The summed E-state index contributed by atoms with van der Waals surface area (Å²) in [5, 5.41) is 28.5. The van der Waals surface area contributed by atoms with Gasteiger partial charge >= 0.3 is 0 Å². The molecule has 1 amide bonds. The monoisotopic (exact) mass is 542 g/mol. The van der Waals surface area contributed by atoms with Gasteiger partial charge in [0.1, 0.15) is 23.3 Å². The average Bonchev–Trinajstić information content (AvgIpc) is 3.69.